The van der Waals surface area contributed by atoms with Crippen molar-refractivity contribution in [1.29, 1.82) is 0 Å². The van der Waals surface area contributed by atoms with E-state index in [2.05, 4.69) is 32.6 Å². The topological polar surface area (TPSA) is 62.5 Å². The molecule has 1 saturated heterocycles. The summed E-state index contributed by atoms with van der Waals surface area (Å²) in [6.45, 7) is 6.79. The van der Waals surface area contributed by atoms with E-state index in [1.807, 2.05) is 4.90 Å². The van der Waals surface area contributed by atoms with Crippen LogP contribution in [-0.4, -0.2) is 45.5 Å². The Hall–Kier alpha value is -1.73. The Labute approximate surface area is 133 Å². The molecule has 0 aliphatic carbocycles. The van der Waals surface area contributed by atoms with Crippen LogP contribution in [0.15, 0.2) is 22.0 Å². The molecule has 0 spiro atoms. The van der Waals surface area contributed by atoms with Crippen molar-refractivity contribution >= 4 is 17.2 Å². The van der Waals surface area contributed by atoms with Crippen molar-refractivity contribution in [2.24, 2.45) is 0 Å². The van der Waals surface area contributed by atoms with E-state index >= 15 is 0 Å². The van der Waals surface area contributed by atoms with Gasteiger partial charge in [0, 0.05) is 38.0 Å². The molecule has 0 aromatic carbocycles. The highest BCUT2D eigenvalue weighted by atomic mass is 32.1. The summed E-state index contributed by atoms with van der Waals surface area (Å²) < 4.78 is 5.31. The van der Waals surface area contributed by atoms with E-state index in [9.17, 15) is 4.79 Å². The molecular weight excluding hydrogens is 300 g/mol. The molecular formula is C15H20N4O2S. The van der Waals surface area contributed by atoms with Crippen molar-refractivity contribution in [1.82, 2.24) is 19.9 Å². The lowest BCUT2D eigenvalue weighted by atomic mass is 10.1. The largest absolute Gasteiger partial charge is 0.337 e. The Balaban J connectivity index is 1.74. The van der Waals surface area contributed by atoms with Gasteiger partial charge in [0.1, 0.15) is 6.04 Å². The normalized spacial score (nSPS) is 20.1. The Morgan fingerprint density at radius 3 is 2.95 bits per heavy atom. The SMILES string of the molecule is CC(=O)N1CCN(Cc2cccs2)CCC1c1nc(C)no1. The van der Waals surface area contributed by atoms with Crippen LogP contribution in [0, 0.1) is 6.92 Å². The Morgan fingerprint density at radius 1 is 1.45 bits per heavy atom. The summed E-state index contributed by atoms with van der Waals surface area (Å²) in [4.78, 5) is 21.9. The van der Waals surface area contributed by atoms with Gasteiger partial charge in [-0.2, -0.15) is 4.98 Å². The van der Waals surface area contributed by atoms with Gasteiger partial charge in [0.15, 0.2) is 5.82 Å². The number of carbonyl (C=O) groups excluding carboxylic acids is 1. The summed E-state index contributed by atoms with van der Waals surface area (Å²) in [6, 6.07) is 4.10. The molecule has 1 aliphatic rings. The molecule has 3 heterocycles. The minimum absolute atomic E-state index is 0.0545. The van der Waals surface area contributed by atoms with Crippen molar-refractivity contribution in [3.05, 3.63) is 34.1 Å². The van der Waals surface area contributed by atoms with Crippen molar-refractivity contribution in [2.75, 3.05) is 19.6 Å². The van der Waals surface area contributed by atoms with Crippen LogP contribution < -0.4 is 0 Å². The first-order valence-electron chi connectivity index (χ1n) is 7.45. The third kappa shape index (κ3) is 3.36. The summed E-state index contributed by atoms with van der Waals surface area (Å²) >= 11 is 1.77. The fraction of sp³-hybridized carbons (Fsp3) is 0.533. The number of aromatic nitrogens is 2. The van der Waals surface area contributed by atoms with Gasteiger partial charge in [-0.25, -0.2) is 0 Å². The number of hydrogen-bond donors (Lipinski definition) is 0. The molecule has 2 aromatic heterocycles. The highest BCUT2D eigenvalue weighted by Gasteiger charge is 2.31. The Kier molecular flexibility index (Phi) is 4.54. The fourth-order valence-electron chi connectivity index (χ4n) is 2.84. The molecule has 118 valence electrons. The first-order chi connectivity index (χ1) is 10.6. The zero-order valence-corrected chi connectivity index (χ0v) is 13.7. The second-order valence-electron chi connectivity index (χ2n) is 5.55. The first kappa shape index (κ1) is 15.2. The van der Waals surface area contributed by atoms with Crippen molar-refractivity contribution in [2.45, 2.75) is 32.9 Å². The van der Waals surface area contributed by atoms with E-state index in [0.717, 1.165) is 26.1 Å². The standard InChI is InChI=1S/C15H20N4O2S/c1-11-16-15(21-17-11)14-5-6-18(7-8-19(14)12(2)20)10-13-4-3-9-22-13/h3-4,9,14H,5-8,10H2,1-2H3. The lowest BCUT2D eigenvalue weighted by Gasteiger charge is -2.25. The quantitative estimate of drug-likeness (QED) is 0.868. The Morgan fingerprint density at radius 2 is 2.32 bits per heavy atom. The van der Waals surface area contributed by atoms with Gasteiger partial charge in [0.05, 0.1) is 0 Å². The van der Waals surface area contributed by atoms with Crippen LogP contribution >= 0.6 is 11.3 Å². The van der Waals surface area contributed by atoms with Gasteiger partial charge < -0.3 is 9.42 Å². The molecule has 7 heteroatoms. The van der Waals surface area contributed by atoms with Gasteiger partial charge in [0.25, 0.3) is 0 Å². The summed E-state index contributed by atoms with van der Waals surface area (Å²) in [7, 11) is 0. The molecule has 0 saturated carbocycles. The maximum absolute atomic E-state index is 12.0. The number of nitrogens with zero attached hydrogens (tertiary/aromatic N) is 4. The van der Waals surface area contributed by atoms with E-state index in [4.69, 9.17) is 4.52 Å². The Bertz CT molecular complexity index is 625. The van der Waals surface area contributed by atoms with Gasteiger partial charge in [-0.1, -0.05) is 11.2 Å². The lowest BCUT2D eigenvalue weighted by molar-refractivity contribution is -0.131. The van der Waals surface area contributed by atoms with Crippen molar-refractivity contribution < 1.29 is 9.32 Å². The summed E-state index contributed by atoms with van der Waals surface area (Å²) in [5, 5.41) is 5.96. The fourth-order valence-corrected chi connectivity index (χ4v) is 3.59. The van der Waals surface area contributed by atoms with Gasteiger partial charge in [0.2, 0.25) is 11.8 Å². The molecule has 1 unspecified atom stereocenters. The van der Waals surface area contributed by atoms with Gasteiger partial charge in [-0.15, -0.1) is 11.3 Å². The molecule has 1 fully saturated rings. The number of amides is 1. The monoisotopic (exact) mass is 320 g/mol. The average molecular weight is 320 g/mol. The highest BCUT2D eigenvalue weighted by Crippen LogP contribution is 2.26. The average Bonchev–Trinajstić information content (AvgIpc) is 3.08. The highest BCUT2D eigenvalue weighted by molar-refractivity contribution is 7.09. The summed E-state index contributed by atoms with van der Waals surface area (Å²) in [6.07, 6.45) is 0.812. The van der Waals surface area contributed by atoms with E-state index in [0.29, 0.717) is 18.3 Å². The van der Waals surface area contributed by atoms with E-state index < -0.39 is 0 Å². The van der Waals surface area contributed by atoms with Crippen LogP contribution in [-0.2, 0) is 11.3 Å². The number of rotatable bonds is 3. The zero-order valence-electron chi connectivity index (χ0n) is 12.9. The summed E-state index contributed by atoms with van der Waals surface area (Å²) in [5.74, 6) is 1.21. The number of hydrogen-bond acceptors (Lipinski definition) is 6. The minimum atomic E-state index is -0.118. The van der Waals surface area contributed by atoms with E-state index in [1.165, 1.54) is 4.88 Å². The van der Waals surface area contributed by atoms with Gasteiger partial charge in [-0.05, 0) is 24.8 Å². The molecule has 22 heavy (non-hydrogen) atoms. The maximum Gasteiger partial charge on any atom is 0.249 e. The van der Waals surface area contributed by atoms with Crippen molar-refractivity contribution in [3.63, 3.8) is 0 Å². The molecule has 0 N–H and O–H groups in total. The van der Waals surface area contributed by atoms with Crippen LogP contribution in [0.2, 0.25) is 0 Å². The molecule has 1 aliphatic heterocycles. The number of aryl methyl sites for hydroxylation is 1. The lowest BCUT2D eigenvalue weighted by Crippen LogP contribution is -2.35. The van der Waals surface area contributed by atoms with Crippen LogP contribution in [0.5, 0.6) is 0 Å². The molecule has 2 aromatic rings. The maximum atomic E-state index is 12.0. The van der Waals surface area contributed by atoms with Gasteiger partial charge in [-0.3, -0.25) is 9.69 Å². The summed E-state index contributed by atoms with van der Waals surface area (Å²) in [5.41, 5.74) is 0. The molecule has 1 atom stereocenters. The smallest absolute Gasteiger partial charge is 0.249 e. The predicted molar refractivity (Wildman–Crippen MR) is 83.4 cm³/mol. The second-order valence-corrected chi connectivity index (χ2v) is 6.58. The predicted octanol–water partition coefficient (Wildman–Crippen LogP) is 2.24. The van der Waals surface area contributed by atoms with Gasteiger partial charge >= 0.3 is 0 Å². The minimum Gasteiger partial charge on any atom is -0.337 e. The molecule has 3 rings (SSSR count). The molecule has 6 nitrogen and oxygen atoms in total. The third-order valence-corrected chi connectivity index (χ3v) is 4.81. The molecule has 0 bridgehead atoms. The number of carbonyl (C=O) groups is 1. The van der Waals surface area contributed by atoms with Crippen LogP contribution in [0.25, 0.3) is 0 Å². The van der Waals surface area contributed by atoms with Crippen molar-refractivity contribution in [3.8, 4) is 0 Å². The molecule has 0 radical (unpaired) electrons. The van der Waals surface area contributed by atoms with Crippen LogP contribution in [0.4, 0.5) is 0 Å². The first-order valence-corrected chi connectivity index (χ1v) is 8.33. The van der Waals surface area contributed by atoms with E-state index in [1.54, 1.807) is 25.2 Å². The van der Waals surface area contributed by atoms with Crippen LogP contribution in [0.1, 0.15) is 36.0 Å². The van der Waals surface area contributed by atoms with Crippen LogP contribution in [0.3, 0.4) is 0 Å². The third-order valence-electron chi connectivity index (χ3n) is 3.94. The number of thiophene rings is 1. The van der Waals surface area contributed by atoms with E-state index in [-0.39, 0.29) is 11.9 Å². The molecule has 1 amide bonds. The zero-order chi connectivity index (χ0) is 15.5. The second kappa shape index (κ2) is 6.58.